The molecule has 1 rings (SSSR count). The topological polar surface area (TPSA) is 66.4 Å². The largest absolute Gasteiger partial charge is 0.478 e. The molecule has 0 saturated carbocycles. The molecule has 0 aliphatic rings. The molecule has 0 heterocycles. The summed E-state index contributed by atoms with van der Waals surface area (Å²) in [5, 5.41) is 10.5. The van der Waals surface area contributed by atoms with E-state index in [1.165, 1.54) is 12.1 Å². The first kappa shape index (κ1) is 16.0. The van der Waals surface area contributed by atoms with E-state index in [4.69, 9.17) is 5.11 Å². The second-order valence-corrected chi connectivity index (χ2v) is 4.37. The number of hydrogen-bond donors (Lipinski definition) is 2. The molecule has 7 heteroatoms. The zero-order valence-electron chi connectivity index (χ0n) is 10.7. The standard InChI is InChI=1S/C13H14F3NO3/c1-8(6-7-17-12(20)13(14,15)16)9-2-4-10(5-3-9)11(18)19/h2-5,8H,6-7H2,1H3,(H,17,20)(H,18,19). The van der Waals surface area contributed by atoms with Crippen LogP contribution in [0.2, 0.25) is 0 Å². The first-order chi connectivity index (χ1) is 9.21. The van der Waals surface area contributed by atoms with Gasteiger partial charge in [0.1, 0.15) is 0 Å². The quantitative estimate of drug-likeness (QED) is 0.875. The summed E-state index contributed by atoms with van der Waals surface area (Å²) in [5.74, 6) is -3.08. The predicted octanol–water partition coefficient (Wildman–Crippen LogP) is 2.56. The van der Waals surface area contributed by atoms with Crippen LogP contribution in [-0.4, -0.2) is 29.7 Å². The van der Waals surface area contributed by atoms with Gasteiger partial charge in [0.2, 0.25) is 0 Å². The molecule has 0 aliphatic heterocycles. The van der Waals surface area contributed by atoms with Crippen LogP contribution in [0, 0.1) is 0 Å². The summed E-state index contributed by atoms with van der Waals surface area (Å²) in [6.07, 6.45) is -4.54. The second-order valence-electron chi connectivity index (χ2n) is 4.37. The van der Waals surface area contributed by atoms with E-state index in [0.717, 1.165) is 5.56 Å². The van der Waals surface area contributed by atoms with Crippen molar-refractivity contribution >= 4 is 11.9 Å². The van der Waals surface area contributed by atoms with Gasteiger partial charge in [-0.3, -0.25) is 4.79 Å². The number of aromatic carboxylic acids is 1. The number of rotatable bonds is 5. The number of benzene rings is 1. The van der Waals surface area contributed by atoms with Gasteiger partial charge in [0.05, 0.1) is 5.56 Å². The van der Waals surface area contributed by atoms with Gasteiger partial charge < -0.3 is 10.4 Å². The zero-order chi connectivity index (χ0) is 15.3. The monoisotopic (exact) mass is 289 g/mol. The van der Waals surface area contributed by atoms with E-state index in [2.05, 4.69) is 0 Å². The SMILES string of the molecule is CC(CCNC(=O)C(F)(F)F)c1ccc(C(=O)O)cc1. The molecule has 0 saturated heterocycles. The lowest BCUT2D eigenvalue weighted by molar-refractivity contribution is -0.173. The smallest absolute Gasteiger partial charge is 0.471 e. The molecular weight excluding hydrogens is 275 g/mol. The van der Waals surface area contributed by atoms with E-state index in [-0.39, 0.29) is 18.0 Å². The average molecular weight is 289 g/mol. The van der Waals surface area contributed by atoms with Crippen LogP contribution < -0.4 is 5.32 Å². The molecule has 1 atom stereocenters. The van der Waals surface area contributed by atoms with Gasteiger partial charge in [-0.15, -0.1) is 0 Å². The molecule has 0 radical (unpaired) electrons. The maximum absolute atomic E-state index is 11.9. The molecule has 1 unspecified atom stereocenters. The molecule has 1 aromatic carbocycles. The summed E-state index contributed by atoms with van der Waals surface area (Å²) in [6.45, 7) is 1.69. The van der Waals surface area contributed by atoms with E-state index >= 15 is 0 Å². The van der Waals surface area contributed by atoms with Crippen LogP contribution in [0.15, 0.2) is 24.3 Å². The highest BCUT2D eigenvalue weighted by atomic mass is 19.4. The van der Waals surface area contributed by atoms with E-state index in [1.807, 2.05) is 0 Å². The number of carbonyl (C=O) groups excluding carboxylic acids is 1. The number of amides is 1. The van der Waals surface area contributed by atoms with Crippen molar-refractivity contribution in [1.82, 2.24) is 5.32 Å². The van der Waals surface area contributed by atoms with Crippen molar-refractivity contribution in [2.24, 2.45) is 0 Å². The van der Waals surface area contributed by atoms with Crippen LogP contribution in [0.4, 0.5) is 13.2 Å². The van der Waals surface area contributed by atoms with Crippen molar-refractivity contribution < 1.29 is 27.9 Å². The Morgan fingerprint density at radius 3 is 2.25 bits per heavy atom. The molecule has 0 bridgehead atoms. The van der Waals surface area contributed by atoms with Gasteiger partial charge in [-0.2, -0.15) is 13.2 Å². The number of halogens is 3. The molecule has 0 spiro atoms. The predicted molar refractivity (Wildman–Crippen MR) is 65.5 cm³/mol. The van der Waals surface area contributed by atoms with Gasteiger partial charge in [-0.1, -0.05) is 19.1 Å². The maximum atomic E-state index is 11.9. The molecule has 0 fully saturated rings. The Labute approximate surface area is 113 Å². The van der Waals surface area contributed by atoms with Gasteiger partial charge in [0.15, 0.2) is 0 Å². The zero-order valence-corrected chi connectivity index (χ0v) is 10.7. The van der Waals surface area contributed by atoms with Crippen molar-refractivity contribution in [3.05, 3.63) is 35.4 Å². The lowest BCUT2D eigenvalue weighted by Crippen LogP contribution is -2.37. The minimum absolute atomic E-state index is 0.0913. The summed E-state index contributed by atoms with van der Waals surface area (Å²) < 4.78 is 35.8. The Hall–Kier alpha value is -2.05. The second kappa shape index (κ2) is 6.40. The van der Waals surface area contributed by atoms with Crippen molar-refractivity contribution in [3.63, 3.8) is 0 Å². The van der Waals surface area contributed by atoms with Gasteiger partial charge in [-0.05, 0) is 30.0 Å². The molecule has 1 amide bonds. The van der Waals surface area contributed by atoms with Gasteiger partial charge in [-0.25, -0.2) is 4.79 Å². The summed E-state index contributed by atoms with van der Waals surface area (Å²) in [5.41, 5.74) is 0.947. The summed E-state index contributed by atoms with van der Waals surface area (Å²) in [6, 6.07) is 6.09. The van der Waals surface area contributed by atoms with E-state index < -0.39 is 18.1 Å². The third-order valence-electron chi connectivity index (χ3n) is 2.85. The number of carbonyl (C=O) groups is 2. The number of carboxylic acids is 1. The third kappa shape index (κ3) is 4.56. The fraction of sp³-hybridized carbons (Fsp3) is 0.385. The van der Waals surface area contributed by atoms with Gasteiger partial charge in [0, 0.05) is 6.54 Å². The van der Waals surface area contributed by atoms with Crippen LogP contribution in [0.1, 0.15) is 35.2 Å². The fourth-order valence-corrected chi connectivity index (χ4v) is 1.62. The van der Waals surface area contributed by atoms with Gasteiger partial charge in [0.25, 0.3) is 0 Å². The molecule has 110 valence electrons. The number of alkyl halides is 3. The molecule has 20 heavy (non-hydrogen) atoms. The highest BCUT2D eigenvalue weighted by Crippen LogP contribution is 2.19. The van der Waals surface area contributed by atoms with Crippen LogP contribution in [0.5, 0.6) is 0 Å². The van der Waals surface area contributed by atoms with Crippen LogP contribution in [0.3, 0.4) is 0 Å². The van der Waals surface area contributed by atoms with E-state index in [0.29, 0.717) is 6.42 Å². The minimum atomic E-state index is -4.87. The Balaban J connectivity index is 2.49. The fourth-order valence-electron chi connectivity index (χ4n) is 1.62. The van der Waals surface area contributed by atoms with Gasteiger partial charge >= 0.3 is 18.1 Å². The van der Waals surface area contributed by atoms with Crippen molar-refractivity contribution in [2.75, 3.05) is 6.54 Å². The average Bonchev–Trinajstić information content (AvgIpc) is 2.37. The van der Waals surface area contributed by atoms with Crippen LogP contribution in [0.25, 0.3) is 0 Å². The first-order valence-electron chi connectivity index (χ1n) is 5.90. The Morgan fingerprint density at radius 1 is 1.25 bits per heavy atom. The molecule has 1 aromatic rings. The Kier molecular flexibility index (Phi) is 5.12. The molecular formula is C13H14F3NO3. The molecule has 2 N–H and O–H groups in total. The lowest BCUT2D eigenvalue weighted by Gasteiger charge is -2.13. The maximum Gasteiger partial charge on any atom is 0.471 e. The minimum Gasteiger partial charge on any atom is -0.478 e. The Morgan fingerprint density at radius 2 is 1.80 bits per heavy atom. The normalized spacial score (nSPS) is 12.8. The highest BCUT2D eigenvalue weighted by Gasteiger charge is 2.38. The van der Waals surface area contributed by atoms with Crippen LogP contribution in [-0.2, 0) is 4.79 Å². The number of hydrogen-bond acceptors (Lipinski definition) is 2. The highest BCUT2D eigenvalue weighted by molar-refractivity contribution is 5.87. The number of nitrogens with one attached hydrogen (secondary N) is 1. The van der Waals surface area contributed by atoms with Crippen molar-refractivity contribution in [1.29, 1.82) is 0 Å². The third-order valence-corrected chi connectivity index (χ3v) is 2.85. The molecule has 0 aliphatic carbocycles. The van der Waals surface area contributed by atoms with E-state index in [9.17, 15) is 22.8 Å². The molecule has 4 nitrogen and oxygen atoms in total. The summed E-state index contributed by atoms with van der Waals surface area (Å²) in [4.78, 5) is 21.3. The lowest BCUT2D eigenvalue weighted by atomic mass is 9.97. The van der Waals surface area contributed by atoms with Crippen LogP contribution >= 0.6 is 0 Å². The van der Waals surface area contributed by atoms with Crippen molar-refractivity contribution in [2.45, 2.75) is 25.4 Å². The van der Waals surface area contributed by atoms with Crippen molar-refractivity contribution in [3.8, 4) is 0 Å². The van der Waals surface area contributed by atoms with E-state index in [1.54, 1.807) is 24.4 Å². The summed E-state index contributed by atoms with van der Waals surface area (Å²) >= 11 is 0. The number of carboxylic acid groups (broad SMARTS) is 1. The first-order valence-corrected chi connectivity index (χ1v) is 5.90. The summed E-state index contributed by atoms with van der Waals surface area (Å²) in [7, 11) is 0. The Bertz CT molecular complexity index is 483. The molecule has 0 aromatic heterocycles.